The van der Waals surface area contributed by atoms with Gasteiger partial charge < -0.3 is 35.1 Å². The summed E-state index contributed by atoms with van der Waals surface area (Å²) in [7, 11) is 3.27. The van der Waals surface area contributed by atoms with Gasteiger partial charge in [0.1, 0.15) is 0 Å². The quantitative estimate of drug-likeness (QED) is 0.353. The van der Waals surface area contributed by atoms with Crippen LogP contribution >= 0.6 is 24.0 Å². The van der Waals surface area contributed by atoms with Gasteiger partial charge in [0.25, 0.3) is 0 Å². The molecule has 2 fully saturated rings. The van der Waals surface area contributed by atoms with Gasteiger partial charge in [-0.05, 0) is 62.8 Å². The van der Waals surface area contributed by atoms with E-state index in [1.165, 1.54) is 13.5 Å². The Balaban J connectivity index is 0.00000481. The van der Waals surface area contributed by atoms with Gasteiger partial charge in [-0.25, -0.2) is 9.59 Å². The number of likely N-dealkylation sites (tertiary alicyclic amines) is 1. The Morgan fingerprint density at radius 3 is 2.78 bits per heavy atom. The van der Waals surface area contributed by atoms with Crippen molar-refractivity contribution in [2.75, 3.05) is 60.2 Å². The van der Waals surface area contributed by atoms with E-state index in [9.17, 15) is 9.59 Å². The van der Waals surface area contributed by atoms with Crippen molar-refractivity contribution in [3.63, 3.8) is 0 Å². The van der Waals surface area contributed by atoms with Crippen molar-refractivity contribution in [1.82, 2.24) is 20.9 Å². The molecule has 210 valence electrons. The first-order chi connectivity index (χ1) is 17.5. The van der Waals surface area contributed by atoms with Crippen LogP contribution in [0.1, 0.15) is 43.8 Å². The first kappa shape index (κ1) is 31.4. The summed E-state index contributed by atoms with van der Waals surface area (Å²) in [5.41, 5.74) is 0.970. The number of hydrogen-bond acceptors (Lipinski definition) is 6. The predicted octanol–water partition coefficient (Wildman–Crippen LogP) is 4.00. The molecule has 0 aromatic heterocycles. The van der Waals surface area contributed by atoms with E-state index in [-0.39, 0.29) is 36.5 Å². The molecule has 3 N–H and O–H groups in total. The zero-order chi connectivity index (χ0) is 25.8. The molecule has 0 radical (unpaired) electrons. The van der Waals surface area contributed by atoms with Crippen LogP contribution in [-0.2, 0) is 14.2 Å². The zero-order valence-corrected chi connectivity index (χ0v) is 23.5. The highest BCUT2D eigenvalue weighted by molar-refractivity contribution is 6.30. The molecule has 2 heterocycles. The van der Waals surface area contributed by atoms with Crippen molar-refractivity contribution in [2.24, 2.45) is 11.8 Å². The van der Waals surface area contributed by atoms with Crippen LogP contribution in [0.5, 0.6) is 0 Å². The summed E-state index contributed by atoms with van der Waals surface area (Å²) in [6.07, 6.45) is 4.38. The summed E-state index contributed by atoms with van der Waals surface area (Å²) in [6, 6.07) is 7.81. The molecule has 2 aliphatic heterocycles. The van der Waals surface area contributed by atoms with Crippen molar-refractivity contribution in [3.05, 3.63) is 34.9 Å². The van der Waals surface area contributed by atoms with Crippen molar-refractivity contribution < 1.29 is 23.8 Å². The number of nitrogens with zero attached hydrogens (tertiary/aromatic N) is 1. The second-order valence-electron chi connectivity index (χ2n) is 9.60. The van der Waals surface area contributed by atoms with Crippen LogP contribution in [-0.4, -0.2) is 83.2 Å². The number of ether oxygens (including phenoxy) is 3. The number of likely N-dealkylation sites (N-methyl/N-ethyl adjacent to an activating group) is 1. The van der Waals surface area contributed by atoms with Gasteiger partial charge in [0.05, 0.1) is 19.8 Å². The number of urea groups is 1. The number of methoxy groups -OCH3 is 1. The van der Waals surface area contributed by atoms with Crippen LogP contribution < -0.4 is 16.0 Å². The molecule has 0 spiro atoms. The molecule has 9 nitrogen and oxygen atoms in total. The number of piperidine rings is 1. The molecule has 37 heavy (non-hydrogen) atoms. The van der Waals surface area contributed by atoms with Gasteiger partial charge in [0.2, 0.25) is 0 Å². The first-order valence-electron chi connectivity index (χ1n) is 13.0. The summed E-state index contributed by atoms with van der Waals surface area (Å²) in [5.74, 6) is 0.650. The van der Waals surface area contributed by atoms with Gasteiger partial charge in [-0.3, -0.25) is 0 Å². The molecule has 2 aliphatic rings. The van der Waals surface area contributed by atoms with Gasteiger partial charge in [-0.15, -0.1) is 12.4 Å². The smallest absolute Gasteiger partial charge is 0.406 e. The highest BCUT2D eigenvalue weighted by Gasteiger charge is 2.31. The van der Waals surface area contributed by atoms with Gasteiger partial charge in [0, 0.05) is 56.4 Å². The minimum Gasteiger partial charge on any atom is -0.453 e. The topological polar surface area (TPSA) is 101 Å². The van der Waals surface area contributed by atoms with E-state index in [0.717, 1.165) is 51.0 Å². The van der Waals surface area contributed by atoms with Crippen LogP contribution in [0.25, 0.3) is 0 Å². The third kappa shape index (κ3) is 10.5. The molecule has 3 amide bonds. The summed E-state index contributed by atoms with van der Waals surface area (Å²) in [4.78, 5) is 26.3. The van der Waals surface area contributed by atoms with E-state index >= 15 is 0 Å². The number of benzene rings is 1. The Bertz CT molecular complexity index is 828. The maximum Gasteiger partial charge on any atom is 0.406 e. The molecule has 2 saturated heterocycles. The number of rotatable bonds is 11. The maximum absolute atomic E-state index is 13.1. The lowest BCUT2D eigenvalue weighted by molar-refractivity contribution is -0.00851. The third-order valence-corrected chi connectivity index (χ3v) is 7.22. The molecule has 3 rings (SSSR count). The van der Waals surface area contributed by atoms with Crippen LogP contribution in [0, 0.1) is 11.8 Å². The summed E-state index contributed by atoms with van der Waals surface area (Å²) in [6.45, 7) is 4.21. The molecule has 0 aliphatic carbocycles. The van der Waals surface area contributed by atoms with Crippen molar-refractivity contribution >= 4 is 36.1 Å². The SMILES string of the molecule is CN[C@H](CNC(=O)N1CCC[C@@H]([C@@H](OCCNC(=O)OC)c2cccc(Cl)c2)C1)C[C@H]1CCCOC1.Cl. The van der Waals surface area contributed by atoms with E-state index in [1.807, 2.05) is 36.2 Å². The zero-order valence-electron chi connectivity index (χ0n) is 21.9. The first-order valence-corrected chi connectivity index (χ1v) is 13.3. The molecular formula is C26H42Cl2N4O5. The van der Waals surface area contributed by atoms with Crippen LogP contribution in [0.15, 0.2) is 24.3 Å². The predicted molar refractivity (Wildman–Crippen MR) is 147 cm³/mol. The number of carbonyl (C=O) groups excluding carboxylic acids is 2. The minimum absolute atomic E-state index is 0. The lowest BCUT2D eigenvalue weighted by atomic mass is 9.88. The number of amides is 3. The van der Waals surface area contributed by atoms with E-state index in [4.69, 9.17) is 21.1 Å². The van der Waals surface area contributed by atoms with Crippen LogP contribution in [0.3, 0.4) is 0 Å². The standard InChI is InChI=1S/C26H41ClN4O5.ClH/c1-28-23(14-19-6-5-12-35-18-19)16-30-25(32)31-11-4-8-21(17-31)24(20-7-3-9-22(27)15-20)36-13-10-29-26(33)34-2;/h3,7,9,15,19,21,23-24,28H,4-6,8,10-14,16-18H2,1-2H3,(H,29,33)(H,30,32);1H/t19-,21-,23+,24+;/m1./s1. The summed E-state index contributed by atoms with van der Waals surface area (Å²) in [5, 5.41) is 9.76. The Labute approximate surface area is 231 Å². The van der Waals surface area contributed by atoms with Crippen molar-refractivity contribution in [3.8, 4) is 0 Å². The number of halogens is 2. The Morgan fingerprint density at radius 2 is 2.08 bits per heavy atom. The fourth-order valence-electron chi connectivity index (χ4n) is 5.06. The molecule has 0 unspecified atom stereocenters. The van der Waals surface area contributed by atoms with Crippen molar-refractivity contribution in [2.45, 2.75) is 44.2 Å². The second kappa shape index (κ2) is 16.9. The Kier molecular flexibility index (Phi) is 14.4. The molecule has 4 atom stereocenters. The average molecular weight is 562 g/mol. The Hall–Kier alpha value is -1.78. The van der Waals surface area contributed by atoms with Crippen LogP contribution in [0.2, 0.25) is 5.02 Å². The van der Waals surface area contributed by atoms with E-state index < -0.39 is 6.09 Å². The van der Waals surface area contributed by atoms with Gasteiger partial charge in [0.15, 0.2) is 0 Å². The minimum atomic E-state index is -0.491. The van der Waals surface area contributed by atoms with Crippen LogP contribution in [0.4, 0.5) is 9.59 Å². The number of hydrogen-bond donors (Lipinski definition) is 3. The second-order valence-corrected chi connectivity index (χ2v) is 10.0. The molecule has 1 aromatic rings. The highest BCUT2D eigenvalue weighted by Crippen LogP contribution is 2.34. The maximum atomic E-state index is 13.1. The fraction of sp³-hybridized carbons (Fsp3) is 0.692. The highest BCUT2D eigenvalue weighted by atomic mass is 35.5. The number of alkyl carbamates (subject to hydrolysis) is 1. The monoisotopic (exact) mass is 560 g/mol. The van der Waals surface area contributed by atoms with Gasteiger partial charge in [-0.1, -0.05) is 23.7 Å². The number of carbonyl (C=O) groups is 2. The normalized spacial score (nSPS) is 21.3. The Morgan fingerprint density at radius 1 is 1.24 bits per heavy atom. The van der Waals surface area contributed by atoms with Crippen molar-refractivity contribution in [1.29, 1.82) is 0 Å². The van der Waals surface area contributed by atoms with E-state index in [2.05, 4.69) is 20.7 Å². The van der Waals surface area contributed by atoms with E-state index in [1.54, 1.807) is 0 Å². The third-order valence-electron chi connectivity index (χ3n) is 6.99. The number of nitrogens with one attached hydrogen (secondary N) is 3. The molecular weight excluding hydrogens is 519 g/mol. The summed E-state index contributed by atoms with van der Waals surface area (Å²) < 4.78 is 16.5. The van der Waals surface area contributed by atoms with Gasteiger partial charge >= 0.3 is 12.1 Å². The summed E-state index contributed by atoms with van der Waals surface area (Å²) >= 11 is 6.27. The molecule has 0 bridgehead atoms. The van der Waals surface area contributed by atoms with E-state index in [0.29, 0.717) is 37.2 Å². The average Bonchev–Trinajstić information content (AvgIpc) is 2.91. The lowest BCUT2D eigenvalue weighted by Crippen LogP contribution is -2.50. The van der Waals surface area contributed by atoms with Gasteiger partial charge in [-0.2, -0.15) is 0 Å². The lowest BCUT2D eigenvalue weighted by Gasteiger charge is -2.37. The molecule has 11 heteroatoms. The molecule has 1 aromatic carbocycles. The largest absolute Gasteiger partial charge is 0.453 e. The fourth-order valence-corrected chi connectivity index (χ4v) is 5.26. The molecule has 0 saturated carbocycles.